The number of carbonyl (C=O) groups is 1. The van der Waals surface area contributed by atoms with Gasteiger partial charge in [-0.1, -0.05) is 0 Å². The van der Waals surface area contributed by atoms with Crippen LogP contribution in [-0.2, 0) is 4.79 Å². The number of amides is 1. The van der Waals surface area contributed by atoms with Crippen LogP contribution in [0.4, 0.5) is 5.69 Å². The number of halogens is 1. The Balaban J connectivity index is 2.83. The van der Waals surface area contributed by atoms with Crippen molar-refractivity contribution in [2.24, 2.45) is 0 Å². The van der Waals surface area contributed by atoms with Crippen LogP contribution in [0.3, 0.4) is 0 Å². The second-order valence-electron chi connectivity index (χ2n) is 2.47. The molecule has 0 spiro atoms. The minimum absolute atomic E-state index is 0.438. The summed E-state index contributed by atoms with van der Waals surface area (Å²) in [6, 6.07) is 3.44. The van der Waals surface area contributed by atoms with Crippen molar-refractivity contribution in [3.8, 4) is 0 Å². The number of aliphatic hydroxyl groups is 1. The molecule has 70 valence electrons. The lowest BCUT2D eigenvalue weighted by Crippen LogP contribution is -2.16. The van der Waals surface area contributed by atoms with Gasteiger partial charge in [-0.3, -0.25) is 4.79 Å². The number of aliphatic hydroxyl groups excluding tert-OH is 1. The van der Waals surface area contributed by atoms with Gasteiger partial charge in [-0.2, -0.15) is 0 Å². The first-order valence-electron chi connectivity index (χ1n) is 3.67. The van der Waals surface area contributed by atoms with Crippen molar-refractivity contribution >= 4 is 27.5 Å². The van der Waals surface area contributed by atoms with Crippen LogP contribution in [0, 0.1) is 6.92 Å². The quantitative estimate of drug-likeness (QED) is 0.766. The molecule has 0 aliphatic heterocycles. The highest BCUT2D eigenvalue weighted by Crippen LogP contribution is 2.15. The number of rotatable bonds is 2. The molecule has 1 heterocycles. The zero-order valence-corrected chi connectivity index (χ0v) is 8.63. The van der Waals surface area contributed by atoms with Gasteiger partial charge in [-0.05, 0) is 35.0 Å². The summed E-state index contributed by atoms with van der Waals surface area (Å²) in [6.07, 6.45) is 0. The lowest BCUT2D eigenvalue weighted by molar-refractivity contribution is -0.118. The third-order valence-corrected chi connectivity index (χ3v) is 1.91. The van der Waals surface area contributed by atoms with Crippen molar-refractivity contribution in [2.45, 2.75) is 6.92 Å². The van der Waals surface area contributed by atoms with Gasteiger partial charge in [-0.15, -0.1) is 0 Å². The summed E-state index contributed by atoms with van der Waals surface area (Å²) < 4.78 is 0.715. The Morgan fingerprint density at radius 1 is 1.69 bits per heavy atom. The van der Waals surface area contributed by atoms with Gasteiger partial charge in [0.05, 0.1) is 11.4 Å². The number of hydrogen-bond donors (Lipinski definition) is 2. The molecule has 0 unspecified atom stereocenters. The number of carbonyl (C=O) groups excluding carboxylic acids is 1. The molecular formula is C8H9BrN2O2. The Morgan fingerprint density at radius 3 is 2.92 bits per heavy atom. The maximum Gasteiger partial charge on any atom is 0.250 e. The Labute approximate surface area is 84.1 Å². The van der Waals surface area contributed by atoms with Crippen molar-refractivity contribution in [3.05, 3.63) is 22.4 Å². The zero-order valence-electron chi connectivity index (χ0n) is 7.04. The highest BCUT2D eigenvalue weighted by Gasteiger charge is 2.03. The van der Waals surface area contributed by atoms with Crippen LogP contribution in [0.5, 0.6) is 0 Å². The van der Waals surface area contributed by atoms with Crippen molar-refractivity contribution in [2.75, 3.05) is 11.9 Å². The van der Waals surface area contributed by atoms with E-state index in [0.717, 1.165) is 0 Å². The van der Waals surface area contributed by atoms with E-state index >= 15 is 0 Å². The summed E-state index contributed by atoms with van der Waals surface area (Å²) in [5.41, 5.74) is 1.32. The zero-order chi connectivity index (χ0) is 9.84. The molecule has 0 bridgehead atoms. The van der Waals surface area contributed by atoms with Crippen LogP contribution in [-0.4, -0.2) is 22.6 Å². The van der Waals surface area contributed by atoms with E-state index in [1.807, 2.05) is 0 Å². The first kappa shape index (κ1) is 10.1. The predicted molar refractivity (Wildman–Crippen MR) is 52.4 cm³/mol. The fourth-order valence-electron chi connectivity index (χ4n) is 0.852. The molecule has 0 fully saturated rings. The van der Waals surface area contributed by atoms with Crippen LogP contribution in [0.2, 0.25) is 0 Å². The van der Waals surface area contributed by atoms with Gasteiger partial charge >= 0.3 is 0 Å². The largest absolute Gasteiger partial charge is 0.387 e. The predicted octanol–water partition coefficient (Wildman–Crippen LogP) is 1.08. The molecule has 0 saturated heterocycles. The van der Waals surface area contributed by atoms with Gasteiger partial charge in [0.15, 0.2) is 0 Å². The average Bonchev–Trinajstić information content (AvgIpc) is 2.09. The number of hydrogen-bond acceptors (Lipinski definition) is 3. The summed E-state index contributed by atoms with van der Waals surface area (Å²) in [4.78, 5) is 14.9. The van der Waals surface area contributed by atoms with Crippen LogP contribution in [0.15, 0.2) is 16.7 Å². The van der Waals surface area contributed by atoms with Gasteiger partial charge in [0.25, 0.3) is 0 Å². The summed E-state index contributed by atoms with van der Waals surface area (Å²) in [5.74, 6) is -0.438. The molecule has 0 aliphatic carbocycles. The van der Waals surface area contributed by atoms with E-state index < -0.39 is 12.5 Å². The van der Waals surface area contributed by atoms with Gasteiger partial charge < -0.3 is 10.4 Å². The van der Waals surface area contributed by atoms with Crippen LogP contribution in [0.1, 0.15) is 5.69 Å². The van der Waals surface area contributed by atoms with Gasteiger partial charge in [0.2, 0.25) is 5.91 Å². The van der Waals surface area contributed by atoms with Crippen molar-refractivity contribution in [1.29, 1.82) is 0 Å². The maximum atomic E-state index is 10.8. The minimum Gasteiger partial charge on any atom is -0.387 e. The minimum atomic E-state index is -0.518. The second-order valence-corrected chi connectivity index (χ2v) is 3.29. The standard InChI is InChI=1S/C8H9BrN2O2/c1-5-6(11-8(13)4-12)2-3-7(9)10-5/h2-3,12H,4H2,1H3,(H,11,13). The number of nitrogens with zero attached hydrogens (tertiary/aromatic N) is 1. The second kappa shape index (κ2) is 4.34. The summed E-state index contributed by atoms with van der Waals surface area (Å²) in [5, 5.41) is 11.0. The molecule has 0 aromatic carbocycles. The Hall–Kier alpha value is -0.940. The van der Waals surface area contributed by atoms with Crippen LogP contribution >= 0.6 is 15.9 Å². The molecule has 1 aromatic heterocycles. The Kier molecular flexibility index (Phi) is 3.39. The molecule has 1 rings (SSSR count). The molecule has 0 radical (unpaired) electrons. The van der Waals surface area contributed by atoms with E-state index in [1.165, 1.54) is 0 Å². The lowest BCUT2D eigenvalue weighted by Gasteiger charge is -2.05. The topological polar surface area (TPSA) is 62.2 Å². The van der Waals surface area contributed by atoms with Crippen LogP contribution in [0.25, 0.3) is 0 Å². The van der Waals surface area contributed by atoms with Gasteiger partial charge in [-0.25, -0.2) is 4.98 Å². The molecule has 5 heteroatoms. The first-order valence-corrected chi connectivity index (χ1v) is 4.46. The molecule has 0 aliphatic rings. The molecule has 2 N–H and O–H groups in total. The highest BCUT2D eigenvalue weighted by atomic mass is 79.9. The maximum absolute atomic E-state index is 10.8. The Morgan fingerprint density at radius 2 is 2.38 bits per heavy atom. The number of aryl methyl sites for hydroxylation is 1. The molecule has 4 nitrogen and oxygen atoms in total. The molecule has 1 amide bonds. The third-order valence-electron chi connectivity index (χ3n) is 1.47. The number of aromatic nitrogens is 1. The van der Waals surface area contributed by atoms with E-state index in [0.29, 0.717) is 16.0 Å². The SMILES string of the molecule is Cc1nc(Br)ccc1NC(=O)CO. The van der Waals surface area contributed by atoms with E-state index in [9.17, 15) is 4.79 Å². The van der Waals surface area contributed by atoms with E-state index in [1.54, 1.807) is 19.1 Å². The van der Waals surface area contributed by atoms with E-state index in [2.05, 4.69) is 26.2 Å². The lowest BCUT2D eigenvalue weighted by atomic mass is 10.3. The smallest absolute Gasteiger partial charge is 0.250 e. The Bertz CT molecular complexity index is 328. The third kappa shape index (κ3) is 2.78. The van der Waals surface area contributed by atoms with Crippen LogP contribution < -0.4 is 5.32 Å². The van der Waals surface area contributed by atoms with E-state index in [4.69, 9.17) is 5.11 Å². The summed E-state index contributed by atoms with van der Waals surface area (Å²) in [7, 11) is 0. The van der Waals surface area contributed by atoms with E-state index in [-0.39, 0.29) is 0 Å². The number of nitrogens with one attached hydrogen (secondary N) is 1. The fraction of sp³-hybridized carbons (Fsp3) is 0.250. The number of anilines is 1. The summed E-state index contributed by atoms with van der Waals surface area (Å²) >= 11 is 3.21. The van der Waals surface area contributed by atoms with Crippen molar-refractivity contribution in [3.63, 3.8) is 0 Å². The highest BCUT2D eigenvalue weighted by molar-refractivity contribution is 9.10. The molecule has 0 saturated carbocycles. The average molecular weight is 245 g/mol. The van der Waals surface area contributed by atoms with Gasteiger partial charge in [0, 0.05) is 0 Å². The normalized spacial score (nSPS) is 9.77. The number of pyridine rings is 1. The molecule has 0 atom stereocenters. The molecular weight excluding hydrogens is 236 g/mol. The van der Waals surface area contributed by atoms with Gasteiger partial charge in [0.1, 0.15) is 11.2 Å². The fourth-order valence-corrected chi connectivity index (χ4v) is 1.25. The monoisotopic (exact) mass is 244 g/mol. The molecule has 1 aromatic rings. The van der Waals surface area contributed by atoms with Crippen molar-refractivity contribution < 1.29 is 9.90 Å². The summed E-state index contributed by atoms with van der Waals surface area (Å²) in [6.45, 7) is 1.26. The van der Waals surface area contributed by atoms with Crippen molar-refractivity contribution in [1.82, 2.24) is 4.98 Å². The molecule has 13 heavy (non-hydrogen) atoms. The first-order chi connectivity index (χ1) is 6.13.